The van der Waals surface area contributed by atoms with Crippen LogP contribution >= 0.6 is 0 Å². The van der Waals surface area contributed by atoms with Crippen molar-refractivity contribution in [3.63, 3.8) is 0 Å². The van der Waals surface area contributed by atoms with E-state index in [1.165, 1.54) is 6.42 Å². The summed E-state index contributed by atoms with van der Waals surface area (Å²) in [5.74, 6) is 6.30. The second-order valence-electron chi connectivity index (χ2n) is 4.52. The molecule has 1 fully saturated rings. The summed E-state index contributed by atoms with van der Waals surface area (Å²) in [7, 11) is 1.58. The SMILES string of the molecule is COc1ccc(C(=O)NC2CCC2)cc1C#CCN. The highest BCUT2D eigenvalue weighted by Crippen LogP contribution is 2.21. The molecule has 0 unspecified atom stereocenters. The topological polar surface area (TPSA) is 64.3 Å². The van der Waals surface area contributed by atoms with Crippen LogP contribution in [-0.4, -0.2) is 25.6 Å². The summed E-state index contributed by atoms with van der Waals surface area (Å²) in [5, 5.41) is 3.00. The summed E-state index contributed by atoms with van der Waals surface area (Å²) in [6, 6.07) is 5.58. The van der Waals surface area contributed by atoms with Crippen LogP contribution in [0.5, 0.6) is 5.75 Å². The molecule has 4 nitrogen and oxygen atoms in total. The molecule has 0 aliphatic heterocycles. The van der Waals surface area contributed by atoms with Crippen LogP contribution in [0.4, 0.5) is 0 Å². The van der Waals surface area contributed by atoms with Crippen molar-refractivity contribution in [3.8, 4) is 17.6 Å². The quantitative estimate of drug-likeness (QED) is 0.803. The van der Waals surface area contributed by atoms with Crippen LogP contribution in [0.1, 0.15) is 35.2 Å². The maximum atomic E-state index is 12.0. The van der Waals surface area contributed by atoms with Crippen molar-refractivity contribution in [2.24, 2.45) is 5.73 Å². The van der Waals surface area contributed by atoms with Crippen molar-refractivity contribution in [1.29, 1.82) is 0 Å². The summed E-state index contributed by atoms with van der Waals surface area (Å²) in [6.07, 6.45) is 3.34. The highest BCUT2D eigenvalue weighted by molar-refractivity contribution is 5.95. The first-order valence-electron chi connectivity index (χ1n) is 6.42. The number of carbonyl (C=O) groups is 1. The molecular formula is C15H18N2O2. The molecule has 0 spiro atoms. The molecule has 0 saturated heterocycles. The Bertz CT molecular complexity index is 525. The van der Waals surface area contributed by atoms with E-state index in [2.05, 4.69) is 17.2 Å². The molecule has 100 valence electrons. The molecule has 0 atom stereocenters. The molecule has 0 bridgehead atoms. The smallest absolute Gasteiger partial charge is 0.251 e. The third-order valence-electron chi connectivity index (χ3n) is 3.23. The molecule has 1 aliphatic rings. The number of hydrogen-bond acceptors (Lipinski definition) is 3. The Morgan fingerprint density at radius 3 is 2.89 bits per heavy atom. The molecule has 19 heavy (non-hydrogen) atoms. The monoisotopic (exact) mass is 258 g/mol. The van der Waals surface area contributed by atoms with Crippen LogP contribution in [0.25, 0.3) is 0 Å². The first kappa shape index (κ1) is 13.4. The van der Waals surface area contributed by atoms with E-state index in [1.54, 1.807) is 25.3 Å². The van der Waals surface area contributed by atoms with Crippen molar-refractivity contribution in [3.05, 3.63) is 29.3 Å². The van der Waals surface area contributed by atoms with Crippen LogP contribution < -0.4 is 15.8 Å². The summed E-state index contributed by atoms with van der Waals surface area (Å²) in [6.45, 7) is 0.279. The molecule has 2 rings (SSSR count). The van der Waals surface area contributed by atoms with E-state index < -0.39 is 0 Å². The predicted molar refractivity (Wildman–Crippen MR) is 74.0 cm³/mol. The van der Waals surface area contributed by atoms with Gasteiger partial charge in [-0.2, -0.15) is 0 Å². The number of nitrogens with two attached hydrogens (primary N) is 1. The number of methoxy groups -OCH3 is 1. The lowest BCUT2D eigenvalue weighted by molar-refractivity contribution is 0.0917. The Balaban J connectivity index is 2.18. The number of rotatable bonds is 3. The molecule has 1 amide bonds. The number of carbonyl (C=O) groups excluding carboxylic acids is 1. The molecule has 4 heteroatoms. The minimum absolute atomic E-state index is 0.0526. The third kappa shape index (κ3) is 3.27. The van der Waals surface area contributed by atoms with Crippen molar-refractivity contribution >= 4 is 5.91 Å². The largest absolute Gasteiger partial charge is 0.495 e. The van der Waals surface area contributed by atoms with Gasteiger partial charge in [-0.25, -0.2) is 0 Å². The Hall–Kier alpha value is -1.99. The van der Waals surface area contributed by atoms with Gasteiger partial charge in [-0.3, -0.25) is 4.79 Å². The van der Waals surface area contributed by atoms with Crippen LogP contribution in [0, 0.1) is 11.8 Å². The van der Waals surface area contributed by atoms with Crippen molar-refractivity contribution in [1.82, 2.24) is 5.32 Å². The molecule has 1 saturated carbocycles. The summed E-state index contributed by atoms with van der Waals surface area (Å²) < 4.78 is 5.22. The van der Waals surface area contributed by atoms with Crippen LogP contribution in [0.2, 0.25) is 0 Å². The fourth-order valence-electron chi connectivity index (χ4n) is 1.91. The van der Waals surface area contributed by atoms with E-state index in [4.69, 9.17) is 10.5 Å². The lowest BCUT2D eigenvalue weighted by atomic mass is 9.93. The third-order valence-corrected chi connectivity index (χ3v) is 3.23. The highest BCUT2D eigenvalue weighted by Gasteiger charge is 2.20. The first-order valence-corrected chi connectivity index (χ1v) is 6.42. The van der Waals surface area contributed by atoms with Gasteiger partial charge >= 0.3 is 0 Å². The second kappa shape index (κ2) is 6.26. The average molecular weight is 258 g/mol. The molecule has 1 aliphatic carbocycles. The number of hydrogen-bond donors (Lipinski definition) is 2. The molecule has 0 heterocycles. The van der Waals surface area contributed by atoms with Crippen LogP contribution in [0.15, 0.2) is 18.2 Å². The van der Waals surface area contributed by atoms with Crippen molar-refractivity contribution in [2.75, 3.05) is 13.7 Å². The van der Waals surface area contributed by atoms with E-state index >= 15 is 0 Å². The van der Waals surface area contributed by atoms with Gasteiger partial charge in [0.1, 0.15) is 5.75 Å². The number of amides is 1. The van der Waals surface area contributed by atoms with Gasteiger partial charge in [-0.15, -0.1) is 0 Å². The molecule has 0 aromatic heterocycles. The minimum atomic E-state index is -0.0526. The molecule has 0 radical (unpaired) electrons. The van der Waals surface area contributed by atoms with Gasteiger partial charge in [-0.1, -0.05) is 11.8 Å². The Labute approximate surface area is 113 Å². The van der Waals surface area contributed by atoms with Crippen LogP contribution in [0.3, 0.4) is 0 Å². The fourth-order valence-corrected chi connectivity index (χ4v) is 1.91. The maximum Gasteiger partial charge on any atom is 0.251 e. The highest BCUT2D eigenvalue weighted by atomic mass is 16.5. The van der Waals surface area contributed by atoms with Crippen molar-refractivity contribution < 1.29 is 9.53 Å². The lowest BCUT2D eigenvalue weighted by Crippen LogP contribution is -2.39. The van der Waals surface area contributed by atoms with Gasteiger partial charge in [0.15, 0.2) is 0 Å². The fraction of sp³-hybridized carbons (Fsp3) is 0.400. The lowest BCUT2D eigenvalue weighted by Gasteiger charge is -2.26. The molecule has 1 aromatic carbocycles. The Kier molecular flexibility index (Phi) is 4.43. The van der Waals surface area contributed by atoms with E-state index in [-0.39, 0.29) is 12.5 Å². The normalized spacial score (nSPS) is 14.0. The standard InChI is InChI=1S/C15H18N2O2/c1-19-14-8-7-12(10-11(14)4-3-9-16)15(18)17-13-5-2-6-13/h7-8,10,13H,2,5-6,9,16H2,1H3,(H,17,18). The van der Waals surface area contributed by atoms with Crippen molar-refractivity contribution in [2.45, 2.75) is 25.3 Å². The first-order chi connectivity index (χ1) is 9.24. The molecule has 3 N–H and O–H groups in total. The zero-order chi connectivity index (χ0) is 13.7. The molecule has 1 aromatic rings. The maximum absolute atomic E-state index is 12.0. The van der Waals surface area contributed by atoms with E-state index in [0.717, 1.165) is 12.8 Å². The predicted octanol–water partition coefficient (Wildman–Crippen LogP) is 1.29. The Morgan fingerprint density at radius 2 is 2.32 bits per heavy atom. The zero-order valence-electron chi connectivity index (χ0n) is 11.0. The number of nitrogens with one attached hydrogen (secondary N) is 1. The van der Waals surface area contributed by atoms with Crippen LogP contribution in [-0.2, 0) is 0 Å². The summed E-state index contributed by atoms with van der Waals surface area (Å²) in [5.41, 5.74) is 6.66. The van der Waals surface area contributed by atoms with Gasteiger partial charge in [0.25, 0.3) is 5.91 Å². The van der Waals surface area contributed by atoms with E-state index in [0.29, 0.717) is 22.9 Å². The van der Waals surface area contributed by atoms with E-state index in [9.17, 15) is 4.79 Å². The average Bonchev–Trinajstić information content (AvgIpc) is 2.39. The summed E-state index contributed by atoms with van der Waals surface area (Å²) in [4.78, 5) is 12.0. The summed E-state index contributed by atoms with van der Waals surface area (Å²) >= 11 is 0. The zero-order valence-corrected chi connectivity index (χ0v) is 11.0. The number of benzene rings is 1. The van der Waals surface area contributed by atoms with Gasteiger partial charge in [0, 0.05) is 11.6 Å². The Morgan fingerprint density at radius 1 is 1.53 bits per heavy atom. The minimum Gasteiger partial charge on any atom is -0.495 e. The number of ether oxygens (including phenoxy) is 1. The van der Waals surface area contributed by atoms with Gasteiger partial charge in [0.2, 0.25) is 0 Å². The second-order valence-corrected chi connectivity index (χ2v) is 4.52. The molecular weight excluding hydrogens is 240 g/mol. The van der Waals surface area contributed by atoms with Gasteiger partial charge < -0.3 is 15.8 Å². The van der Waals surface area contributed by atoms with Gasteiger partial charge in [0.05, 0.1) is 19.2 Å². The van der Waals surface area contributed by atoms with E-state index in [1.807, 2.05) is 0 Å². The van der Waals surface area contributed by atoms with Gasteiger partial charge in [-0.05, 0) is 37.5 Å².